The number of H-pyrrole nitrogens is 1. The van der Waals surface area contributed by atoms with Crippen LogP contribution in [0.3, 0.4) is 0 Å². The number of nitrogens with two attached hydrogens (primary N) is 1. The fourth-order valence-electron chi connectivity index (χ4n) is 3.23. The molecule has 4 heteroatoms. The Hall–Kier alpha value is -1.81. The minimum atomic E-state index is 0.132. The summed E-state index contributed by atoms with van der Waals surface area (Å²) in [5.41, 5.74) is 8.35. The zero-order valence-electron chi connectivity index (χ0n) is 12.3. The van der Waals surface area contributed by atoms with Gasteiger partial charge in [-0.25, -0.2) is 0 Å². The van der Waals surface area contributed by atoms with Gasteiger partial charge in [0.05, 0.1) is 0 Å². The quantitative estimate of drug-likeness (QED) is 0.738. The van der Waals surface area contributed by atoms with Crippen molar-refractivity contribution >= 4 is 16.8 Å². The largest absolute Gasteiger partial charge is 0.361 e. The van der Waals surface area contributed by atoms with Gasteiger partial charge in [-0.3, -0.25) is 4.79 Å². The summed E-state index contributed by atoms with van der Waals surface area (Å²) < 4.78 is 0. The Morgan fingerprint density at radius 1 is 1.33 bits per heavy atom. The third-order valence-corrected chi connectivity index (χ3v) is 4.44. The lowest BCUT2D eigenvalue weighted by molar-refractivity contribution is -0.124. The van der Waals surface area contributed by atoms with Gasteiger partial charge in [0.25, 0.3) is 0 Å². The first-order chi connectivity index (χ1) is 10.2. The van der Waals surface area contributed by atoms with Gasteiger partial charge in [-0.15, -0.1) is 0 Å². The Kier molecular flexibility index (Phi) is 4.25. The number of rotatable bonds is 5. The van der Waals surface area contributed by atoms with E-state index in [4.69, 9.17) is 5.73 Å². The number of aryl methyl sites for hydroxylation is 1. The fraction of sp³-hybridized carbons (Fsp3) is 0.471. The molecule has 0 aliphatic heterocycles. The number of fused-ring (bicyclic) bond motifs is 1. The van der Waals surface area contributed by atoms with Gasteiger partial charge in [-0.1, -0.05) is 18.2 Å². The van der Waals surface area contributed by atoms with Crippen LogP contribution in [0.1, 0.15) is 31.2 Å². The minimum absolute atomic E-state index is 0.132. The number of hydrogen-bond donors (Lipinski definition) is 3. The van der Waals surface area contributed by atoms with E-state index in [0.717, 1.165) is 38.6 Å². The Balaban J connectivity index is 1.45. The molecule has 2 aromatic rings. The van der Waals surface area contributed by atoms with Gasteiger partial charge in [-0.2, -0.15) is 0 Å². The van der Waals surface area contributed by atoms with Crippen LogP contribution < -0.4 is 11.1 Å². The predicted octanol–water partition coefficient (Wildman–Crippen LogP) is 2.34. The Labute approximate surface area is 125 Å². The summed E-state index contributed by atoms with van der Waals surface area (Å²) in [5.74, 6) is 0.315. The zero-order chi connectivity index (χ0) is 14.7. The number of carbonyl (C=O) groups is 1. The molecule has 1 aliphatic carbocycles. The lowest BCUT2D eigenvalue weighted by Crippen LogP contribution is -2.31. The summed E-state index contributed by atoms with van der Waals surface area (Å²) in [4.78, 5) is 15.3. The van der Waals surface area contributed by atoms with E-state index in [-0.39, 0.29) is 17.9 Å². The molecule has 4 N–H and O–H groups in total. The number of aromatic amines is 1. The molecule has 4 nitrogen and oxygen atoms in total. The van der Waals surface area contributed by atoms with E-state index >= 15 is 0 Å². The maximum atomic E-state index is 12.0. The summed E-state index contributed by atoms with van der Waals surface area (Å²) in [6.45, 7) is 0.740. The van der Waals surface area contributed by atoms with Crippen LogP contribution in [0.4, 0.5) is 0 Å². The maximum absolute atomic E-state index is 12.0. The number of amides is 1. The molecule has 1 saturated carbocycles. The summed E-state index contributed by atoms with van der Waals surface area (Å²) in [5, 5.41) is 4.33. The van der Waals surface area contributed by atoms with Crippen molar-refractivity contribution in [3.8, 4) is 0 Å². The smallest absolute Gasteiger partial charge is 0.223 e. The first-order valence-electron chi connectivity index (χ1n) is 7.82. The Morgan fingerprint density at radius 3 is 3.00 bits per heavy atom. The molecular weight excluding hydrogens is 262 g/mol. The molecule has 2 atom stereocenters. The lowest BCUT2D eigenvalue weighted by Gasteiger charge is -2.10. The molecule has 1 fully saturated rings. The van der Waals surface area contributed by atoms with Crippen LogP contribution in [0.5, 0.6) is 0 Å². The first-order valence-corrected chi connectivity index (χ1v) is 7.82. The number of para-hydroxylation sites is 1. The minimum Gasteiger partial charge on any atom is -0.361 e. The third-order valence-electron chi connectivity index (χ3n) is 4.44. The highest BCUT2D eigenvalue weighted by Gasteiger charge is 2.27. The monoisotopic (exact) mass is 285 g/mol. The van der Waals surface area contributed by atoms with Gasteiger partial charge in [0, 0.05) is 35.6 Å². The molecular formula is C17H23N3O. The second-order valence-corrected chi connectivity index (χ2v) is 6.02. The van der Waals surface area contributed by atoms with Crippen molar-refractivity contribution in [1.82, 2.24) is 10.3 Å². The third kappa shape index (κ3) is 3.27. The number of benzene rings is 1. The standard InChI is InChI=1S/C17H23N3O/c18-14-8-7-12(10-14)17(21)19-9-3-4-13-11-20-16-6-2-1-5-15(13)16/h1-2,5-6,11-12,14,20H,3-4,7-10,18H2,(H,19,21). The molecule has 112 valence electrons. The number of hydrogen-bond acceptors (Lipinski definition) is 2. The highest BCUT2D eigenvalue weighted by Crippen LogP contribution is 2.24. The van der Waals surface area contributed by atoms with Gasteiger partial charge in [0.15, 0.2) is 0 Å². The molecule has 0 saturated heterocycles. The molecule has 2 unspecified atom stereocenters. The molecule has 1 heterocycles. The van der Waals surface area contributed by atoms with Crippen LogP contribution in [0.25, 0.3) is 10.9 Å². The van der Waals surface area contributed by atoms with Crippen molar-refractivity contribution in [3.63, 3.8) is 0 Å². The molecule has 1 amide bonds. The Bertz CT molecular complexity index is 619. The van der Waals surface area contributed by atoms with Crippen molar-refractivity contribution in [3.05, 3.63) is 36.0 Å². The van der Waals surface area contributed by atoms with E-state index in [0.29, 0.717) is 0 Å². The van der Waals surface area contributed by atoms with E-state index in [2.05, 4.69) is 34.7 Å². The van der Waals surface area contributed by atoms with Gasteiger partial charge >= 0.3 is 0 Å². The topological polar surface area (TPSA) is 70.9 Å². The SMILES string of the molecule is NC1CCC(C(=O)NCCCc2c[nH]c3ccccc23)C1. The maximum Gasteiger partial charge on any atom is 0.223 e. The van der Waals surface area contributed by atoms with Crippen molar-refractivity contribution in [2.24, 2.45) is 11.7 Å². The molecule has 1 aromatic carbocycles. The van der Waals surface area contributed by atoms with Crippen LogP contribution in [0.2, 0.25) is 0 Å². The molecule has 1 aromatic heterocycles. The first kappa shape index (κ1) is 14.1. The van der Waals surface area contributed by atoms with Gasteiger partial charge in [-0.05, 0) is 43.7 Å². The second kappa shape index (κ2) is 6.31. The normalized spacial score (nSPS) is 21.8. The average Bonchev–Trinajstić information content (AvgIpc) is 3.10. The van der Waals surface area contributed by atoms with Crippen molar-refractivity contribution in [2.45, 2.75) is 38.1 Å². The highest BCUT2D eigenvalue weighted by molar-refractivity contribution is 5.83. The second-order valence-electron chi connectivity index (χ2n) is 6.02. The average molecular weight is 285 g/mol. The predicted molar refractivity (Wildman–Crippen MR) is 84.9 cm³/mol. The molecule has 1 aliphatic rings. The molecule has 0 bridgehead atoms. The van der Waals surface area contributed by atoms with Crippen LogP contribution in [-0.2, 0) is 11.2 Å². The summed E-state index contributed by atoms with van der Waals surface area (Å²) >= 11 is 0. The van der Waals surface area contributed by atoms with E-state index in [1.54, 1.807) is 0 Å². The van der Waals surface area contributed by atoms with Gasteiger partial charge in [0.1, 0.15) is 0 Å². The van der Waals surface area contributed by atoms with Crippen LogP contribution in [0, 0.1) is 5.92 Å². The molecule has 21 heavy (non-hydrogen) atoms. The summed E-state index contributed by atoms with van der Waals surface area (Å²) in [6, 6.07) is 8.54. The van der Waals surface area contributed by atoms with E-state index in [1.165, 1.54) is 16.5 Å². The Morgan fingerprint density at radius 2 is 2.19 bits per heavy atom. The molecule has 0 radical (unpaired) electrons. The number of aromatic nitrogens is 1. The molecule has 0 spiro atoms. The van der Waals surface area contributed by atoms with Crippen LogP contribution in [-0.4, -0.2) is 23.5 Å². The molecule has 3 rings (SSSR count). The van der Waals surface area contributed by atoms with E-state index in [1.807, 2.05) is 6.07 Å². The van der Waals surface area contributed by atoms with Crippen molar-refractivity contribution < 1.29 is 4.79 Å². The van der Waals surface area contributed by atoms with E-state index < -0.39 is 0 Å². The number of carbonyl (C=O) groups excluding carboxylic acids is 1. The van der Waals surface area contributed by atoms with Crippen molar-refractivity contribution in [1.29, 1.82) is 0 Å². The summed E-state index contributed by atoms with van der Waals surface area (Å²) in [7, 11) is 0. The van der Waals surface area contributed by atoms with Gasteiger partial charge in [0.2, 0.25) is 5.91 Å². The lowest BCUT2D eigenvalue weighted by atomic mass is 10.1. The van der Waals surface area contributed by atoms with Gasteiger partial charge < -0.3 is 16.0 Å². The van der Waals surface area contributed by atoms with Crippen LogP contribution in [0.15, 0.2) is 30.5 Å². The zero-order valence-corrected chi connectivity index (χ0v) is 12.3. The highest BCUT2D eigenvalue weighted by atomic mass is 16.1. The summed E-state index contributed by atoms with van der Waals surface area (Å²) in [6.07, 6.45) is 6.78. The van der Waals surface area contributed by atoms with E-state index in [9.17, 15) is 4.79 Å². The fourth-order valence-corrected chi connectivity index (χ4v) is 3.23. The van der Waals surface area contributed by atoms with Crippen LogP contribution >= 0.6 is 0 Å². The number of nitrogens with one attached hydrogen (secondary N) is 2. The van der Waals surface area contributed by atoms with Crippen molar-refractivity contribution in [2.75, 3.05) is 6.54 Å².